The van der Waals surface area contributed by atoms with Gasteiger partial charge in [-0.15, -0.1) is 0 Å². The summed E-state index contributed by atoms with van der Waals surface area (Å²) in [6.45, 7) is 4.63. The predicted molar refractivity (Wildman–Crippen MR) is 60.6 cm³/mol. The van der Waals surface area contributed by atoms with Crippen LogP contribution in [0, 0.1) is 0 Å². The fourth-order valence-corrected chi connectivity index (χ4v) is 2.89. The minimum absolute atomic E-state index is 0.000608. The van der Waals surface area contributed by atoms with Crippen LogP contribution in [0.15, 0.2) is 0 Å². The van der Waals surface area contributed by atoms with Crippen LogP contribution in [0.2, 0.25) is 0 Å². The lowest BCUT2D eigenvalue weighted by Gasteiger charge is -2.40. The van der Waals surface area contributed by atoms with Gasteiger partial charge in [0.25, 0.3) is 0 Å². The quantitative estimate of drug-likeness (QED) is 0.685. The van der Waals surface area contributed by atoms with Crippen molar-refractivity contribution in [3.05, 3.63) is 0 Å². The van der Waals surface area contributed by atoms with E-state index in [0.717, 1.165) is 0 Å². The largest absolute Gasteiger partial charge is 0.450 e. The van der Waals surface area contributed by atoms with E-state index >= 15 is 0 Å². The Balaban J connectivity index is 1.94. The summed E-state index contributed by atoms with van der Waals surface area (Å²) in [4.78, 5) is 13.2. The zero-order valence-electron chi connectivity index (χ0n) is 9.28. The number of ether oxygens (including phenoxy) is 3. The maximum Gasteiger partial charge on any atom is 0.409 e. The molecule has 0 unspecified atom stereocenters. The van der Waals surface area contributed by atoms with Crippen LogP contribution in [-0.4, -0.2) is 54.5 Å². The number of alkyl halides is 1. The van der Waals surface area contributed by atoms with Gasteiger partial charge in [0.1, 0.15) is 0 Å². The van der Waals surface area contributed by atoms with Crippen molar-refractivity contribution < 1.29 is 19.0 Å². The van der Waals surface area contributed by atoms with Crippen molar-refractivity contribution >= 4 is 22.0 Å². The first-order valence-corrected chi connectivity index (χ1v) is 6.43. The van der Waals surface area contributed by atoms with Crippen LogP contribution in [0.1, 0.15) is 13.3 Å². The summed E-state index contributed by atoms with van der Waals surface area (Å²) >= 11 is 3.53. The summed E-state index contributed by atoms with van der Waals surface area (Å²) in [7, 11) is 0. The Bertz CT molecular complexity index is 268. The van der Waals surface area contributed by atoms with E-state index < -0.39 is 5.79 Å². The predicted octanol–water partition coefficient (Wildman–Crippen LogP) is 1.36. The summed E-state index contributed by atoms with van der Waals surface area (Å²) < 4.78 is 16.2. The lowest BCUT2D eigenvalue weighted by molar-refractivity contribution is -0.176. The second kappa shape index (κ2) is 4.89. The maximum atomic E-state index is 11.5. The van der Waals surface area contributed by atoms with Crippen molar-refractivity contribution in [1.82, 2.24) is 4.90 Å². The van der Waals surface area contributed by atoms with E-state index in [9.17, 15) is 4.79 Å². The lowest BCUT2D eigenvalue weighted by atomic mass is 10.0. The molecule has 0 N–H and O–H groups in total. The van der Waals surface area contributed by atoms with Gasteiger partial charge in [0.05, 0.1) is 24.6 Å². The first-order chi connectivity index (χ1) is 7.68. The molecule has 2 rings (SSSR count). The van der Waals surface area contributed by atoms with E-state index in [2.05, 4.69) is 15.9 Å². The second-order valence-corrected chi connectivity index (χ2v) is 4.98. The summed E-state index contributed by atoms with van der Waals surface area (Å²) in [5.74, 6) is -0.539. The highest BCUT2D eigenvalue weighted by Crippen LogP contribution is 2.35. The fraction of sp³-hybridized carbons (Fsp3) is 0.900. The van der Waals surface area contributed by atoms with Crippen molar-refractivity contribution in [3.8, 4) is 0 Å². The second-order valence-electron chi connectivity index (χ2n) is 3.87. The summed E-state index contributed by atoms with van der Waals surface area (Å²) in [5, 5.41) is 0. The molecule has 5 nitrogen and oxygen atoms in total. The molecule has 0 aromatic heterocycles. The molecule has 0 aliphatic carbocycles. The molecule has 1 spiro atoms. The molecule has 0 bridgehead atoms. The van der Waals surface area contributed by atoms with Crippen molar-refractivity contribution in [2.75, 3.05) is 32.9 Å². The number of carbonyl (C=O) groups is 1. The van der Waals surface area contributed by atoms with E-state index in [1.54, 1.807) is 11.8 Å². The number of carbonyl (C=O) groups excluding carboxylic acids is 1. The van der Waals surface area contributed by atoms with Gasteiger partial charge >= 0.3 is 6.09 Å². The first kappa shape index (κ1) is 12.1. The van der Waals surface area contributed by atoms with Gasteiger partial charge in [-0.25, -0.2) is 4.79 Å². The monoisotopic (exact) mass is 293 g/mol. The number of amides is 1. The SMILES string of the molecule is CCOC(=O)N1CCC2(OCCO2)[C@H](Br)C1. The Morgan fingerprint density at radius 2 is 2.25 bits per heavy atom. The van der Waals surface area contributed by atoms with Gasteiger partial charge in [0.2, 0.25) is 0 Å². The Hall–Kier alpha value is -0.330. The van der Waals surface area contributed by atoms with Crippen LogP contribution in [0.4, 0.5) is 4.79 Å². The fourth-order valence-electron chi connectivity index (χ4n) is 2.05. The van der Waals surface area contributed by atoms with Gasteiger partial charge in [0, 0.05) is 19.5 Å². The lowest BCUT2D eigenvalue weighted by Crippen LogP contribution is -2.55. The Labute approximate surface area is 103 Å². The standard InChI is InChI=1S/C10H16BrNO4/c1-2-14-9(13)12-4-3-10(8(11)7-12)15-5-6-16-10/h8H,2-7H2,1H3/t8-/m1/s1. The number of hydrogen-bond donors (Lipinski definition) is 0. The third-order valence-corrected chi connectivity index (χ3v) is 3.88. The molecule has 2 saturated heterocycles. The molecule has 16 heavy (non-hydrogen) atoms. The molecule has 2 heterocycles. The van der Waals surface area contributed by atoms with Crippen LogP contribution < -0.4 is 0 Å². The number of piperidine rings is 1. The molecule has 2 aliphatic rings. The highest BCUT2D eigenvalue weighted by atomic mass is 79.9. The third kappa shape index (κ3) is 2.19. The van der Waals surface area contributed by atoms with Gasteiger partial charge in [-0.2, -0.15) is 0 Å². The van der Waals surface area contributed by atoms with Gasteiger partial charge in [-0.1, -0.05) is 15.9 Å². The Kier molecular flexibility index (Phi) is 3.71. The normalized spacial score (nSPS) is 28.4. The van der Waals surface area contributed by atoms with Crippen LogP contribution in [0.5, 0.6) is 0 Å². The molecule has 0 aromatic carbocycles. The van der Waals surface area contributed by atoms with E-state index in [0.29, 0.717) is 39.3 Å². The van der Waals surface area contributed by atoms with E-state index in [-0.39, 0.29) is 10.9 Å². The molecule has 92 valence electrons. The zero-order valence-corrected chi connectivity index (χ0v) is 10.9. The highest BCUT2D eigenvalue weighted by Gasteiger charge is 2.47. The average molecular weight is 294 g/mol. The van der Waals surface area contributed by atoms with Gasteiger partial charge < -0.3 is 19.1 Å². The molecular weight excluding hydrogens is 278 g/mol. The first-order valence-electron chi connectivity index (χ1n) is 5.51. The van der Waals surface area contributed by atoms with Crippen molar-refractivity contribution in [1.29, 1.82) is 0 Å². The van der Waals surface area contributed by atoms with Gasteiger partial charge in [-0.05, 0) is 6.92 Å². The molecule has 1 atom stereocenters. The summed E-state index contributed by atoms with van der Waals surface area (Å²) in [6, 6.07) is 0. The van der Waals surface area contributed by atoms with E-state index in [4.69, 9.17) is 14.2 Å². The molecule has 1 amide bonds. The molecule has 0 radical (unpaired) electrons. The Morgan fingerprint density at radius 1 is 1.56 bits per heavy atom. The molecule has 0 saturated carbocycles. The number of rotatable bonds is 1. The molecule has 0 aromatic rings. The minimum atomic E-state index is -0.539. The van der Waals surface area contributed by atoms with Crippen molar-refractivity contribution in [2.24, 2.45) is 0 Å². The van der Waals surface area contributed by atoms with Crippen molar-refractivity contribution in [3.63, 3.8) is 0 Å². The minimum Gasteiger partial charge on any atom is -0.450 e. The topological polar surface area (TPSA) is 48.0 Å². The molecule has 2 aliphatic heterocycles. The number of hydrogen-bond acceptors (Lipinski definition) is 4. The van der Waals surface area contributed by atoms with E-state index in [1.807, 2.05) is 0 Å². The van der Waals surface area contributed by atoms with Crippen LogP contribution in [0.25, 0.3) is 0 Å². The van der Waals surface area contributed by atoms with E-state index in [1.165, 1.54) is 0 Å². The molecule has 2 fully saturated rings. The molecular formula is C10H16BrNO4. The van der Waals surface area contributed by atoms with Crippen LogP contribution in [-0.2, 0) is 14.2 Å². The smallest absolute Gasteiger partial charge is 0.409 e. The third-order valence-electron chi connectivity index (χ3n) is 2.89. The summed E-state index contributed by atoms with van der Waals surface area (Å²) in [5.41, 5.74) is 0. The highest BCUT2D eigenvalue weighted by molar-refractivity contribution is 9.09. The summed E-state index contributed by atoms with van der Waals surface area (Å²) in [6.07, 6.45) is 0.418. The van der Waals surface area contributed by atoms with Crippen molar-refractivity contribution in [2.45, 2.75) is 24.0 Å². The van der Waals surface area contributed by atoms with Gasteiger partial charge in [-0.3, -0.25) is 0 Å². The number of nitrogens with zero attached hydrogens (tertiary/aromatic N) is 1. The maximum absolute atomic E-state index is 11.5. The zero-order chi connectivity index (χ0) is 11.6. The van der Waals surface area contributed by atoms with Gasteiger partial charge in [0.15, 0.2) is 5.79 Å². The van der Waals surface area contributed by atoms with Crippen LogP contribution in [0.3, 0.4) is 0 Å². The average Bonchev–Trinajstić information content (AvgIpc) is 2.72. The Morgan fingerprint density at radius 3 is 2.81 bits per heavy atom. The molecule has 6 heteroatoms. The van der Waals surface area contributed by atoms with Crippen LogP contribution >= 0.6 is 15.9 Å². The number of halogens is 1. The number of likely N-dealkylation sites (tertiary alicyclic amines) is 1.